The van der Waals surface area contributed by atoms with Crippen LogP contribution in [0.15, 0.2) is 36.4 Å². The molecule has 0 spiro atoms. The molecule has 0 aliphatic heterocycles. The van der Waals surface area contributed by atoms with Crippen LogP contribution >= 0.6 is 23.2 Å². The van der Waals surface area contributed by atoms with Crippen molar-refractivity contribution in [3.63, 3.8) is 0 Å². The summed E-state index contributed by atoms with van der Waals surface area (Å²) in [6, 6.07) is 9.40. The van der Waals surface area contributed by atoms with Crippen molar-refractivity contribution >= 4 is 40.8 Å². The van der Waals surface area contributed by atoms with Gasteiger partial charge in [0.05, 0.1) is 29.5 Å². The Labute approximate surface area is 173 Å². The first-order valence-electron chi connectivity index (χ1n) is 8.72. The van der Waals surface area contributed by atoms with Gasteiger partial charge in [0.2, 0.25) is 0 Å². The molecule has 0 aliphatic carbocycles. The Morgan fingerprint density at radius 3 is 2.43 bits per heavy atom. The minimum absolute atomic E-state index is 0.267. The van der Waals surface area contributed by atoms with Crippen molar-refractivity contribution in [3.8, 4) is 11.5 Å². The standard InChI is InChI=1S/C20H21Cl2NO5/c1-4-26-18-10-13(20(25)27-5-2)6-8-16(18)23-19(24)12(3)28-17-9-7-14(21)11-15(17)22/h6-12H,4-5H2,1-3H3,(H,23,24). The van der Waals surface area contributed by atoms with E-state index < -0.39 is 18.0 Å². The van der Waals surface area contributed by atoms with Crippen molar-refractivity contribution in [2.24, 2.45) is 0 Å². The van der Waals surface area contributed by atoms with Crippen LogP contribution in [0, 0.1) is 0 Å². The molecular formula is C20H21Cl2NO5. The van der Waals surface area contributed by atoms with Gasteiger partial charge < -0.3 is 19.5 Å². The third-order valence-electron chi connectivity index (χ3n) is 3.62. The third-order valence-corrected chi connectivity index (χ3v) is 4.15. The predicted molar refractivity (Wildman–Crippen MR) is 109 cm³/mol. The van der Waals surface area contributed by atoms with Gasteiger partial charge in [-0.15, -0.1) is 0 Å². The summed E-state index contributed by atoms with van der Waals surface area (Å²) in [7, 11) is 0. The second-order valence-electron chi connectivity index (χ2n) is 5.69. The molecule has 0 fully saturated rings. The first-order valence-corrected chi connectivity index (χ1v) is 9.47. The van der Waals surface area contributed by atoms with E-state index in [2.05, 4.69) is 5.32 Å². The maximum Gasteiger partial charge on any atom is 0.338 e. The molecule has 0 saturated heterocycles. The van der Waals surface area contributed by atoms with Crippen molar-refractivity contribution in [1.82, 2.24) is 0 Å². The van der Waals surface area contributed by atoms with E-state index in [9.17, 15) is 9.59 Å². The second kappa shape index (κ2) is 10.2. The van der Waals surface area contributed by atoms with Gasteiger partial charge in [-0.1, -0.05) is 23.2 Å². The van der Waals surface area contributed by atoms with E-state index in [-0.39, 0.29) is 6.61 Å². The van der Waals surface area contributed by atoms with Gasteiger partial charge in [0.25, 0.3) is 5.91 Å². The van der Waals surface area contributed by atoms with Crippen LogP contribution in [0.2, 0.25) is 10.0 Å². The Morgan fingerprint density at radius 1 is 1.04 bits per heavy atom. The van der Waals surface area contributed by atoms with Gasteiger partial charge in [-0.3, -0.25) is 4.79 Å². The van der Waals surface area contributed by atoms with Crippen molar-refractivity contribution < 1.29 is 23.8 Å². The fourth-order valence-corrected chi connectivity index (χ4v) is 2.74. The summed E-state index contributed by atoms with van der Waals surface area (Å²) in [5.41, 5.74) is 0.748. The highest BCUT2D eigenvalue weighted by Crippen LogP contribution is 2.29. The van der Waals surface area contributed by atoms with Gasteiger partial charge in [-0.25, -0.2) is 4.79 Å². The molecule has 1 amide bonds. The van der Waals surface area contributed by atoms with E-state index >= 15 is 0 Å². The summed E-state index contributed by atoms with van der Waals surface area (Å²) in [6.45, 7) is 5.75. The van der Waals surface area contributed by atoms with Crippen LogP contribution in [0.4, 0.5) is 5.69 Å². The largest absolute Gasteiger partial charge is 0.492 e. The summed E-state index contributed by atoms with van der Waals surface area (Å²) in [6.07, 6.45) is -0.835. The number of nitrogens with one attached hydrogen (secondary N) is 1. The van der Waals surface area contributed by atoms with Crippen LogP contribution in [0.25, 0.3) is 0 Å². The van der Waals surface area contributed by atoms with E-state index in [1.165, 1.54) is 12.1 Å². The van der Waals surface area contributed by atoms with Gasteiger partial charge >= 0.3 is 5.97 Å². The first-order chi connectivity index (χ1) is 13.3. The molecule has 150 valence electrons. The first kappa shape index (κ1) is 21.9. The Bertz CT molecular complexity index is 856. The number of carbonyl (C=O) groups is 2. The lowest BCUT2D eigenvalue weighted by Gasteiger charge is -2.17. The second-order valence-corrected chi connectivity index (χ2v) is 6.53. The number of hydrogen-bond acceptors (Lipinski definition) is 5. The number of carbonyl (C=O) groups excluding carboxylic acids is 2. The summed E-state index contributed by atoms with van der Waals surface area (Å²) < 4.78 is 16.1. The Hall–Kier alpha value is -2.44. The molecule has 0 bridgehead atoms. The van der Waals surface area contributed by atoms with Crippen LogP contribution in [0.1, 0.15) is 31.1 Å². The number of anilines is 1. The highest BCUT2D eigenvalue weighted by Gasteiger charge is 2.19. The molecule has 1 atom stereocenters. The molecular weight excluding hydrogens is 405 g/mol. The molecule has 28 heavy (non-hydrogen) atoms. The number of benzene rings is 2. The smallest absolute Gasteiger partial charge is 0.338 e. The number of esters is 1. The molecule has 1 N–H and O–H groups in total. The summed E-state index contributed by atoms with van der Waals surface area (Å²) >= 11 is 11.9. The normalized spacial score (nSPS) is 11.5. The van der Waals surface area contributed by atoms with Crippen molar-refractivity contribution in [1.29, 1.82) is 0 Å². The molecule has 0 aromatic heterocycles. The maximum absolute atomic E-state index is 12.5. The zero-order chi connectivity index (χ0) is 20.7. The molecule has 2 rings (SSSR count). The molecule has 6 nitrogen and oxygen atoms in total. The van der Waals surface area contributed by atoms with Crippen LogP contribution in [0.5, 0.6) is 11.5 Å². The van der Waals surface area contributed by atoms with Gasteiger partial charge in [-0.05, 0) is 57.2 Å². The minimum Gasteiger partial charge on any atom is -0.492 e. The molecule has 8 heteroatoms. The lowest BCUT2D eigenvalue weighted by atomic mass is 10.2. The lowest BCUT2D eigenvalue weighted by molar-refractivity contribution is -0.122. The molecule has 0 radical (unpaired) electrons. The molecule has 2 aromatic carbocycles. The average molecular weight is 426 g/mol. The number of ether oxygens (including phenoxy) is 3. The van der Waals surface area contributed by atoms with E-state index in [1.54, 1.807) is 45.0 Å². The number of hydrogen-bond donors (Lipinski definition) is 1. The number of amides is 1. The highest BCUT2D eigenvalue weighted by atomic mass is 35.5. The van der Waals surface area contributed by atoms with Crippen molar-refractivity contribution in [2.45, 2.75) is 26.9 Å². The Balaban J connectivity index is 2.13. The molecule has 0 aliphatic rings. The third kappa shape index (κ3) is 5.78. The van der Waals surface area contributed by atoms with Crippen LogP contribution in [0.3, 0.4) is 0 Å². The summed E-state index contributed by atoms with van der Waals surface area (Å²) in [5.74, 6) is -0.166. The monoisotopic (exact) mass is 425 g/mol. The van der Waals surface area contributed by atoms with Crippen LogP contribution < -0.4 is 14.8 Å². The van der Waals surface area contributed by atoms with E-state index in [4.69, 9.17) is 37.4 Å². The number of rotatable bonds is 8. The van der Waals surface area contributed by atoms with E-state index in [1.807, 2.05) is 0 Å². The van der Waals surface area contributed by atoms with Gasteiger partial charge in [0.15, 0.2) is 6.10 Å². The Morgan fingerprint density at radius 2 is 1.79 bits per heavy atom. The summed E-state index contributed by atoms with van der Waals surface area (Å²) in [5, 5.41) is 3.51. The summed E-state index contributed by atoms with van der Waals surface area (Å²) in [4.78, 5) is 24.4. The predicted octanol–water partition coefficient (Wildman–Crippen LogP) is 4.97. The molecule has 0 saturated carbocycles. The van der Waals surface area contributed by atoms with E-state index in [0.717, 1.165) is 0 Å². The van der Waals surface area contributed by atoms with Crippen molar-refractivity contribution in [2.75, 3.05) is 18.5 Å². The maximum atomic E-state index is 12.5. The van der Waals surface area contributed by atoms with E-state index in [0.29, 0.717) is 39.4 Å². The molecule has 2 aromatic rings. The fourth-order valence-electron chi connectivity index (χ4n) is 2.29. The van der Waals surface area contributed by atoms with Crippen LogP contribution in [-0.4, -0.2) is 31.2 Å². The Kier molecular flexibility index (Phi) is 7.96. The molecule has 0 heterocycles. The van der Waals surface area contributed by atoms with Gasteiger partial charge in [-0.2, -0.15) is 0 Å². The lowest BCUT2D eigenvalue weighted by Crippen LogP contribution is -2.30. The zero-order valence-corrected chi connectivity index (χ0v) is 17.3. The molecule has 1 unspecified atom stereocenters. The quantitative estimate of drug-likeness (QED) is 0.603. The highest BCUT2D eigenvalue weighted by molar-refractivity contribution is 6.35. The van der Waals surface area contributed by atoms with Gasteiger partial charge in [0.1, 0.15) is 11.5 Å². The van der Waals surface area contributed by atoms with Gasteiger partial charge in [0, 0.05) is 5.02 Å². The SMILES string of the molecule is CCOC(=O)c1ccc(NC(=O)C(C)Oc2ccc(Cl)cc2Cl)c(OCC)c1. The van der Waals surface area contributed by atoms with Crippen LogP contribution in [-0.2, 0) is 9.53 Å². The average Bonchev–Trinajstić information content (AvgIpc) is 2.65. The minimum atomic E-state index is -0.835. The fraction of sp³-hybridized carbons (Fsp3) is 0.300. The topological polar surface area (TPSA) is 73.9 Å². The number of halogens is 2. The zero-order valence-electron chi connectivity index (χ0n) is 15.8. The van der Waals surface area contributed by atoms with Crippen molar-refractivity contribution in [3.05, 3.63) is 52.0 Å².